The van der Waals surface area contributed by atoms with Gasteiger partial charge in [-0.05, 0) is 40.5 Å². The number of nitrogens with two attached hydrogens (primary N) is 1. The van der Waals surface area contributed by atoms with Gasteiger partial charge in [-0.3, -0.25) is 0 Å². The molecule has 84 valence electrons. The maximum absolute atomic E-state index is 13.3. The highest BCUT2D eigenvalue weighted by molar-refractivity contribution is 9.10. The molecule has 1 unspecified atom stereocenters. The van der Waals surface area contributed by atoms with Crippen LogP contribution < -0.4 is 5.73 Å². The Kier molecular flexibility index (Phi) is 4.11. The maximum atomic E-state index is 13.3. The van der Waals surface area contributed by atoms with Gasteiger partial charge in [-0.2, -0.15) is 0 Å². The lowest BCUT2D eigenvalue weighted by molar-refractivity contribution is 0.434. The number of benzene rings is 1. The van der Waals surface area contributed by atoms with Crippen LogP contribution >= 0.6 is 15.9 Å². The van der Waals surface area contributed by atoms with Crippen LogP contribution in [0.2, 0.25) is 0 Å². The van der Waals surface area contributed by atoms with Crippen molar-refractivity contribution in [1.82, 2.24) is 0 Å². The molecule has 0 aliphatic carbocycles. The van der Waals surface area contributed by atoms with Gasteiger partial charge in [0, 0.05) is 11.5 Å². The molecular formula is C11H15BrFNO. The molecule has 1 aromatic carbocycles. The Labute approximate surface area is 97.4 Å². The summed E-state index contributed by atoms with van der Waals surface area (Å²) in [5.41, 5.74) is 6.19. The molecule has 0 saturated carbocycles. The number of hydrogen-bond donors (Lipinski definition) is 2. The zero-order valence-electron chi connectivity index (χ0n) is 8.80. The summed E-state index contributed by atoms with van der Waals surface area (Å²) >= 11 is 3.02. The fraction of sp³-hybridized carbons (Fsp3) is 0.455. The van der Waals surface area contributed by atoms with Gasteiger partial charge in [-0.25, -0.2) is 4.39 Å². The third kappa shape index (κ3) is 2.69. The summed E-state index contributed by atoms with van der Waals surface area (Å²) in [7, 11) is 0. The van der Waals surface area contributed by atoms with Gasteiger partial charge in [0.25, 0.3) is 0 Å². The first-order valence-corrected chi connectivity index (χ1v) is 5.64. The molecule has 0 heterocycles. The molecule has 1 aromatic rings. The smallest absolute Gasteiger partial charge is 0.137 e. The molecule has 0 spiro atoms. The first-order chi connectivity index (χ1) is 6.97. The highest BCUT2D eigenvalue weighted by Crippen LogP contribution is 2.34. The van der Waals surface area contributed by atoms with Crippen LogP contribution in [0.5, 0.6) is 5.75 Å². The van der Waals surface area contributed by atoms with Crippen molar-refractivity contribution in [3.63, 3.8) is 0 Å². The van der Waals surface area contributed by atoms with Crippen LogP contribution in [0.25, 0.3) is 0 Å². The second-order valence-corrected chi connectivity index (χ2v) is 4.77. The van der Waals surface area contributed by atoms with Crippen LogP contribution in [0.4, 0.5) is 4.39 Å². The first kappa shape index (κ1) is 12.5. The Hall–Kier alpha value is -0.610. The monoisotopic (exact) mass is 275 g/mol. The quantitative estimate of drug-likeness (QED) is 0.891. The van der Waals surface area contributed by atoms with Crippen molar-refractivity contribution in [3.05, 3.63) is 28.0 Å². The summed E-state index contributed by atoms with van der Waals surface area (Å²) in [5.74, 6) is -0.0385. The van der Waals surface area contributed by atoms with E-state index in [0.717, 1.165) is 0 Å². The van der Waals surface area contributed by atoms with E-state index in [2.05, 4.69) is 15.9 Å². The second kappa shape index (κ2) is 4.94. The molecule has 0 radical (unpaired) electrons. The Bertz CT molecular complexity index is 355. The summed E-state index contributed by atoms with van der Waals surface area (Å²) in [4.78, 5) is 0. The Morgan fingerprint density at radius 1 is 1.47 bits per heavy atom. The van der Waals surface area contributed by atoms with E-state index >= 15 is 0 Å². The third-order valence-corrected chi connectivity index (χ3v) is 3.14. The van der Waals surface area contributed by atoms with Crippen LogP contribution in [0, 0.1) is 11.7 Å². The number of aromatic hydroxyl groups is 1. The van der Waals surface area contributed by atoms with E-state index in [-0.39, 0.29) is 27.9 Å². The minimum atomic E-state index is -0.373. The van der Waals surface area contributed by atoms with E-state index in [9.17, 15) is 9.50 Å². The van der Waals surface area contributed by atoms with E-state index in [1.807, 2.05) is 13.8 Å². The predicted octanol–water partition coefficient (Wildman–Crippen LogP) is 2.99. The molecule has 1 rings (SSSR count). The van der Waals surface area contributed by atoms with E-state index in [4.69, 9.17) is 5.73 Å². The molecule has 0 aliphatic heterocycles. The van der Waals surface area contributed by atoms with Crippen molar-refractivity contribution < 1.29 is 9.50 Å². The normalized spacial score (nSPS) is 13.2. The minimum absolute atomic E-state index is 0.0207. The fourth-order valence-electron chi connectivity index (χ4n) is 1.61. The van der Waals surface area contributed by atoms with Crippen molar-refractivity contribution in [2.24, 2.45) is 11.7 Å². The maximum Gasteiger partial charge on any atom is 0.137 e. The molecule has 1 atom stereocenters. The summed E-state index contributed by atoms with van der Waals surface area (Å²) < 4.78 is 13.6. The van der Waals surface area contributed by atoms with Crippen LogP contribution in [-0.4, -0.2) is 11.7 Å². The standard InChI is InChI=1S/C11H15BrFNO/c1-6(2)8(5-14)7-3-10(13)9(12)4-11(7)15/h3-4,6,8,15H,5,14H2,1-2H3. The molecule has 3 N–H and O–H groups in total. The summed E-state index contributed by atoms with van der Waals surface area (Å²) in [6, 6.07) is 2.71. The predicted molar refractivity (Wildman–Crippen MR) is 62.4 cm³/mol. The van der Waals surface area contributed by atoms with E-state index in [0.29, 0.717) is 12.1 Å². The largest absolute Gasteiger partial charge is 0.508 e. The lowest BCUT2D eigenvalue weighted by Crippen LogP contribution is -2.18. The fourth-order valence-corrected chi connectivity index (χ4v) is 1.94. The number of phenols is 1. The number of hydrogen-bond acceptors (Lipinski definition) is 2. The van der Waals surface area contributed by atoms with Gasteiger partial charge in [0.15, 0.2) is 0 Å². The van der Waals surface area contributed by atoms with Crippen molar-refractivity contribution >= 4 is 15.9 Å². The number of rotatable bonds is 3. The van der Waals surface area contributed by atoms with Gasteiger partial charge in [0.2, 0.25) is 0 Å². The van der Waals surface area contributed by atoms with Crippen LogP contribution in [0.15, 0.2) is 16.6 Å². The van der Waals surface area contributed by atoms with Gasteiger partial charge < -0.3 is 10.8 Å². The van der Waals surface area contributed by atoms with Crippen LogP contribution in [0.3, 0.4) is 0 Å². The number of phenolic OH excluding ortho intramolecular Hbond substituents is 1. The molecule has 0 bridgehead atoms. The zero-order chi connectivity index (χ0) is 11.6. The van der Waals surface area contributed by atoms with E-state index < -0.39 is 0 Å². The Morgan fingerprint density at radius 2 is 2.07 bits per heavy atom. The molecule has 0 amide bonds. The molecule has 0 aliphatic rings. The second-order valence-electron chi connectivity index (χ2n) is 3.91. The molecule has 15 heavy (non-hydrogen) atoms. The molecule has 0 aromatic heterocycles. The van der Waals surface area contributed by atoms with Gasteiger partial charge in [-0.1, -0.05) is 13.8 Å². The summed E-state index contributed by atoms with van der Waals surface area (Å²) in [6.07, 6.45) is 0. The lowest BCUT2D eigenvalue weighted by atomic mass is 9.88. The van der Waals surface area contributed by atoms with Crippen molar-refractivity contribution in [3.8, 4) is 5.75 Å². The first-order valence-electron chi connectivity index (χ1n) is 4.85. The average molecular weight is 276 g/mol. The number of halogens is 2. The highest BCUT2D eigenvalue weighted by atomic mass is 79.9. The van der Waals surface area contributed by atoms with Crippen molar-refractivity contribution in [2.45, 2.75) is 19.8 Å². The van der Waals surface area contributed by atoms with Crippen molar-refractivity contribution in [1.29, 1.82) is 0 Å². The van der Waals surface area contributed by atoms with Crippen LogP contribution in [-0.2, 0) is 0 Å². The highest BCUT2D eigenvalue weighted by Gasteiger charge is 2.19. The average Bonchev–Trinajstić information content (AvgIpc) is 2.14. The molecule has 4 heteroatoms. The molecule has 0 fully saturated rings. The minimum Gasteiger partial charge on any atom is -0.508 e. The van der Waals surface area contributed by atoms with Crippen molar-refractivity contribution in [2.75, 3.05) is 6.54 Å². The third-order valence-electron chi connectivity index (χ3n) is 2.53. The summed E-state index contributed by atoms with van der Waals surface area (Å²) in [5, 5.41) is 9.71. The van der Waals surface area contributed by atoms with Gasteiger partial charge >= 0.3 is 0 Å². The van der Waals surface area contributed by atoms with E-state index in [1.165, 1.54) is 12.1 Å². The Balaban J connectivity index is 3.18. The molecule has 2 nitrogen and oxygen atoms in total. The molecule has 0 saturated heterocycles. The van der Waals surface area contributed by atoms with Gasteiger partial charge in [-0.15, -0.1) is 0 Å². The molecular weight excluding hydrogens is 261 g/mol. The van der Waals surface area contributed by atoms with Gasteiger partial charge in [0.05, 0.1) is 4.47 Å². The lowest BCUT2D eigenvalue weighted by Gasteiger charge is -2.20. The Morgan fingerprint density at radius 3 is 2.53 bits per heavy atom. The van der Waals surface area contributed by atoms with E-state index in [1.54, 1.807) is 0 Å². The van der Waals surface area contributed by atoms with Gasteiger partial charge in [0.1, 0.15) is 11.6 Å². The van der Waals surface area contributed by atoms with Crippen LogP contribution in [0.1, 0.15) is 25.3 Å². The SMILES string of the molecule is CC(C)C(CN)c1cc(F)c(Br)cc1O. The topological polar surface area (TPSA) is 46.2 Å². The zero-order valence-corrected chi connectivity index (χ0v) is 10.4. The summed E-state index contributed by atoms with van der Waals surface area (Å²) in [6.45, 7) is 4.39.